The van der Waals surface area contributed by atoms with Gasteiger partial charge in [0.2, 0.25) is 0 Å². The molecule has 0 saturated heterocycles. The van der Waals surface area contributed by atoms with Crippen LogP contribution in [0.2, 0.25) is 5.02 Å². The zero-order valence-electron chi connectivity index (χ0n) is 11.6. The first kappa shape index (κ1) is 18.2. The standard InChI is InChI=1S/C13H16Cl2FNO3S/c1-3-5-8(4-2)17-13(18)10-6-9(21(15,19)20)7-11(16)12(10)14/h6-8H,3-5H2,1-2H3,(H,17,18). The van der Waals surface area contributed by atoms with E-state index in [4.69, 9.17) is 22.3 Å². The highest BCUT2D eigenvalue weighted by molar-refractivity contribution is 8.13. The monoisotopic (exact) mass is 355 g/mol. The van der Waals surface area contributed by atoms with Crippen molar-refractivity contribution in [3.05, 3.63) is 28.5 Å². The number of hydrogen-bond acceptors (Lipinski definition) is 3. The van der Waals surface area contributed by atoms with Gasteiger partial charge in [-0.15, -0.1) is 0 Å². The summed E-state index contributed by atoms with van der Waals surface area (Å²) in [5.74, 6) is -1.63. The third-order valence-electron chi connectivity index (χ3n) is 2.99. The summed E-state index contributed by atoms with van der Waals surface area (Å²) < 4.78 is 36.2. The number of rotatable bonds is 6. The Morgan fingerprint density at radius 2 is 2.00 bits per heavy atom. The molecule has 8 heteroatoms. The van der Waals surface area contributed by atoms with E-state index in [0.29, 0.717) is 12.5 Å². The molecule has 0 aliphatic heterocycles. The number of benzene rings is 1. The average molecular weight is 356 g/mol. The first-order chi connectivity index (χ1) is 9.70. The van der Waals surface area contributed by atoms with Gasteiger partial charge in [-0.1, -0.05) is 31.9 Å². The minimum atomic E-state index is -4.15. The summed E-state index contributed by atoms with van der Waals surface area (Å²) in [5.41, 5.74) is -0.245. The molecule has 1 atom stereocenters. The van der Waals surface area contributed by atoms with Crippen molar-refractivity contribution in [1.82, 2.24) is 5.32 Å². The first-order valence-corrected chi connectivity index (χ1v) is 9.14. The molecule has 1 rings (SSSR count). The lowest BCUT2D eigenvalue weighted by Gasteiger charge is -2.17. The van der Waals surface area contributed by atoms with Crippen LogP contribution in [0.15, 0.2) is 17.0 Å². The van der Waals surface area contributed by atoms with Gasteiger partial charge in [0.25, 0.3) is 15.0 Å². The summed E-state index contributed by atoms with van der Waals surface area (Å²) in [6.45, 7) is 3.88. The van der Waals surface area contributed by atoms with Crippen molar-refractivity contribution in [1.29, 1.82) is 0 Å². The van der Waals surface area contributed by atoms with Gasteiger partial charge >= 0.3 is 0 Å². The lowest BCUT2D eigenvalue weighted by Crippen LogP contribution is -2.34. The lowest BCUT2D eigenvalue weighted by molar-refractivity contribution is 0.0933. The fourth-order valence-corrected chi connectivity index (χ4v) is 2.83. The summed E-state index contributed by atoms with van der Waals surface area (Å²) >= 11 is 5.74. The van der Waals surface area contributed by atoms with Crippen LogP contribution in [-0.4, -0.2) is 20.4 Å². The van der Waals surface area contributed by atoms with E-state index in [0.717, 1.165) is 18.9 Å². The van der Waals surface area contributed by atoms with Gasteiger partial charge < -0.3 is 5.32 Å². The molecule has 4 nitrogen and oxygen atoms in total. The second-order valence-electron chi connectivity index (χ2n) is 4.57. The molecule has 1 N–H and O–H groups in total. The van der Waals surface area contributed by atoms with Gasteiger partial charge in [0, 0.05) is 16.7 Å². The van der Waals surface area contributed by atoms with E-state index < -0.39 is 30.7 Å². The molecule has 0 aromatic heterocycles. The maximum absolute atomic E-state index is 13.7. The van der Waals surface area contributed by atoms with Crippen LogP contribution in [-0.2, 0) is 9.05 Å². The molecule has 1 aromatic rings. The molecule has 0 radical (unpaired) electrons. The third-order valence-corrected chi connectivity index (χ3v) is 4.71. The summed E-state index contributed by atoms with van der Waals surface area (Å²) in [5, 5.41) is 2.27. The van der Waals surface area contributed by atoms with E-state index in [1.807, 2.05) is 13.8 Å². The van der Waals surface area contributed by atoms with Crippen LogP contribution in [0.25, 0.3) is 0 Å². The topological polar surface area (TPSA) is 63.2 Å². The average Bonchev–Trinajstić information content (AvgIpc) is 2.39. The van der Waals surface area contributed by atoms with Gasteiger partial charge in [0.05, 0.1) is 15.5 Å². The SMILES string of the molecule is CCCC(CC)NC(=O)c1cc(S(=O)(=O)Cl)cc(F)c1Cl. The van der Waals surface area contributed by atoms with Crippen molar-refractivity contribution in [3.63, 3.8) is 0 Å². The second-order valence-corrected chi connectivity index (χ2v) is 7.52. The molecule has 1 amide bonds. The van der Waals surface area contributed by atoms with Gasteiger partial charge in [-0.3, -0.25) is 4.79 Å². The Balaban J connectivity index is 3.17. The van der Waals surface area contributed by atoms with E-state index in [1.54, 1.807) is 0 Å². The fraction of sp³-hybridized carbons (Fsp3) is 0.462. The molecule has 0 bridgehead atoms. The molecular weight excluding hydrogens is 340 g/mol. The number of halogens is 3. The number of carbonyl (C=O) groups excluding carboxylic acids is 1. The van der Waals surface area contributed by atoms with E-state index in [9.17, 15) is 17.6 Å². The van der Waals surface area contributed by atoms with Crippen molar-refractivity contribution < 1.29 is 17.6 Å². The van der Waals surface area contributed by atoms with E-state index in [-0.39, 0.29) is 11.6 Å². The Morgan fingerprint density at radius 1 is 1.38 bits per heavy atom. The molecule has 0 spiro atoms. The molecular formula is C13H16Cl2FNO3S. The zero-order valence-corrected chi connectivity index (χ0v) is 13.9. The number of nitrogens with one attached hydrogen (secondary N) is 1. The molecule has 0 aliphatic rings. The predicted octanol–water partition coefficient (Wildman–Crippen LogP) is 3.72. The van der Waals surface area contributed by atoms with Gasteiger partial charge in [0.1, 0.15) is 5.82 Å². The number of carbonyl (C=O) groups is 1. The van der Waals surface area contributed by atoms with Crippen LogP contribution < -0.4 is 5.32 Å². The van der Waals surface area contributed by atoms with Crippen molar-refractivity contribution in [2.45, 2.75) is 44.0 Å². The van der Waals surface area contributed by atoms with Crippen LogP contribution in [0, 0.1) is 5.82 Å². The van der Waals surface area contributed by atoms with Gasteiger partial charge in [-0.2, -0.15) is 0 Å². The van der Waals surface area contributed by atoms with Crippen molar-refractivity contribution in [2.24, 2.45) is 0 Å². The van der Waals surface area contributed by atoms with E-state index in [1.165, 1.54) is 0 Å². The van der Waals surface area contributed by atoms with E-state index in [2.05, 4.69) is 5.32 Å². The Bertz CT molecular complexity index is 635. The fourth-order valence-electron chi connectivity index (χ4n) is 1.86. The highest BCUT2D eigenvalue weighted by atomic mass is 35.7. The number of amides is 1. The van der Waals surface area contributed by atoms with Crippen molar-refractivity contribution >= 4 is 37.2 Å². The molecule has 1 aromatic carbocycles. The lowest BCUT2D eigenvalue weighted by atomic mass is 10.1. The maximum atomic E-state index is 13.7. The Labute approximate surface area is 133 Å². The normalized spacial score (nSPS) is 13.0. The van der Waals surface area contributed by atoms with Crippen LogP contribution in [0.4, 0.5) is 4.39 Å². The minimum Gasteiger partial charge on any atom is -0.349 e. The highest BCUT2D eigenvalue weighted by Gasteiger charge is 2.22. The largest absolute Gasteiger partial charge is 0.349 e. The Kier molecular flexibility index (Phi) is 6.43. The van der Waals surface area contributed by atoms with Crippen molar-refractivity contribution in [2.75, 3.05) is 0 Å². The predicted molar refractivity (Wildman–Crippen MR) is 80.9 cm³/mol. The quantitative estimate of drug-likeness (QED) is 0.791. The first-order valence-electron chi connectivity index (χ1n) is 6.45. The Morgan fingerprint density at radius 3 is 2.48 bits per heavy atom. The molecule has 0 heterocycles. The van der Waals surface area contributed by atoms with Crippen LogP contribution in [0.5, 0.6) is 0 Å². The molecule has 0 fully saturated rings. The minimum absolute atomic E-state index is 0.0853. The highest BCUT2D eigenvalue weighted by Crippen LogP contribution is 2.26. The molecule has 0 saturated carbocycles. The maximum Gasteiger partial charge on any atom is 0.261 e. The van der Waals surface area contributed by atoms with Crippen LogP contribution >= 0.6 is 22.3 Å². The molecule has 21 heavy (non-hydrogen) atoms. The van der Waals surface area contributed by atoms with Crippen LogP contribution in [0.1, 0.15) is 43.5 Å². The zero-order chi connectivity index (χ0) is 16.2. The summed E-state index contributed by atoms with van der Waals surface area (Å²) in [4.78, 5) is 11.6. The van der Waals surface area contributed by atoms with Crippen molar-refractivity contribution in [3.8, 4) is 0 Å². The smallest absolute Gasteiger partial charge is 0.261 e. The molecule has 0 aliphatic carbocycles. The van der Waals surface area contributed by atoms with Crippen LogP contribution in [0.3, 0.4) is 0 Å². The van der Waals surface area contributed by atoms with E-state index >= 15 is 0 Å². The summed E-state index contributed by atoms with van der Waals surface area (Å²) in [6, 6.07) is 1.57. The third kappa shape index (κ3) is 4.83. The molecule has 118 valence electrons. The molecule has 1 unspecified atom stereocenters. The van der Waals surface area contributed by atoms with Gasteiger partial charge in [0.15, 0.2) is 0 Å². The summed E-state index contributed by atoms with van der Waals surface area (Å²) in [6.07, 6.45) is 2.33. The second kappa shape index (κ2) is 7.42. The number of hydrogen-bond donors (Lipinski definition) is 1. The van der Waals surface area contributed by atoms with Gasteiger partial charge in [-0.05, 0) is 25.0 Å². The summed E-state index contributed by atoms with van der Waals surface area (Å²) in [7, 11) is 1.02. The van der Waals surface area contributed by atoms with Gasteiger partial charge in [-0.25, -0.2) is 12.8 Å². The Hall–Kier alpha value is -0.850.